The molecular formula is C19H28O10. The van der Waals surface area contributed by atoms with E-state index in [1.165, 1.54) is 0 Å². The van der Waals surface area contributed by atoms with Gasteiger partial charge in [0.05, 0.1) is 19.3 Å². The van der Waals surface area contributed by atoms with Crippen molar-refractivity contribution >= 4 is 0 Å². The predicted octanol–water partition coefficient (Wildman–Crippen LogP) is -2.15. The van der Waals surface area contributed by atoms with E-state index in [1.54, 1.807) is 6.92 Å². The van der Waals surface area contributed by atoms with E-state index in [-0.39, 0.29) is 6.61 Å². The van der Waals surface area contributed by atoms with E-state index in [0.717, 1.165) is 5.56 Å². The molecule has 29 heavy (non-hydrogen) atoms. The summed E-state index contributed by atoms with van der Waals surface area (Å²) in [5.41, 5.74) is 0.866. The second-order valence-electron chi connectivity index (χ2n) is 7.29. The number of ether oxygens (including phenoxy) is 4. The highest BCUT2D eigenvalue weighted by Gasteiger charge is 2.49. The van der Waals surface area contributed by atoms with Crippen LogP contribution in [0, 0.1) is 0 Å². The van der Waals surface area contributed by atoms with Crippen molar-refractivity contribution in [3.8, 4) is 0 Å². The fraction of sp³-hybridized carbons (Fsp3) is 0.684. The topological polar surface area (TPSA) is 158 Å². The standard InChI is InChI=1S/C19H28O10/c1-9-17(29-19-15(24)13(22)12(21)11(7-20)28-19)14(23)16(25)18(27-9)26-8-10-5-3-2-4-6-10/h2-6,9,11-25H,7-8H2,1H3/t9-,11+,12-,13-,14-,15+,16-,17+,18+,19-/m0/s1. The summed E-state index contributed by atoms with van der Waals surface area (Å²) in [6.45, 7) is 1.14. The van der Waals surface area contributed by atoms with Gasteiger partial charge in [-0.3, -0.25) is 0 Å². The lowest BCUT2D eigenvalue weighted by molar-refractivity contribution is -0.356. The van der Waals surface area contributed by atoms with Gasteiger partial charge in [-0.2, -0.15) is 0 Å². The zero-order valence-electron chi connectivity index (χ0n) is 15.9. The highest BCUT2D eigenvalue weighted by Crippen LogP contribution is 2.29. The number of rotatable bonds is 6. The molecule has 2 aliphatic rings. The molecule has 0 aliphatic carbocycles. The third-order valence-electron chi connectivity index (χ3n) is 5.17. The number of benzene rings is 1. The van der Waals surface area contributed by atoms with Crippen LogP contribution in [0.2, 0.25) is 0 Å². The Labute approximate surface area is 167 Å². The Kier molecular flexibility index (Phi) is 7.57. The molecule has 1 aromatic rings. The van der Waals surface area contributed by atoms with Gasteiger partial charge in [0, 0.05) is 0 Å². The van der Waals surface area contributed by atoms with E-state index in [9.17, 15) is 30.6 Å². The van der Waals surface area contributed by atoms with E-state index >= 15 is 0 Å². The Bertz CT molecular complexity index is 629. The number of hydrogen-bond acceptors (Lipinski definition) is 10. The quantitative estimate of drug-likeness (QED) is 0.302. The molecule has 2 saturated heterocycles. The first kappa shape index (κ1) is 22.5. The SMILES string of the molecule is C[C@@H]1O[C@@H](OCc2ccccc2)[C@@H](O)[C@H](O)[C@@H]1O[C@@H]1O[C@H](CO)[C@H](O)[C@H](O)[C@H]1O. The lowest BCUT2D eigenvalue weighted by Gasteiger charge is -2.45. The van der Waals surface area contributed by atoms with Crippen LogP contribution in [0.15, 0.2) is 30.3 Å². The summed E-state index contributed by atoms with van der Waals surface area (Å²) in [6.07, 6.45) is -13.2. The molecular weight excluding hydrogens is 388 g/mol. The normalized spacial score (nSPS) is 43.3. The molecule has 10 heteroatoms. The Morgan fingerprint density at radius 1 is 0.828 bits per heavy atom. The Morgan fingerprint density at radius 3 is 2.14 bits per heavy atom. The first-order chi connectivity index (χ1) is 13.8. The van der Waals surface area contributed by atoms with Gasteiger partial charge in [0.25, 0.3) is 0 Å². The Hall–Kier alpha value is -1.18. The summed E-state index contributed by atoms with van der Waals surface area (Å²) >= 11 is 0. The molecule has 0 unspecified atom stereocenters. The molecule has 0 radical (unpaired) electrons. The molecule has 0 aromatic heterocycles. The van der Waals surface area contributed by atoms with Gasteiger partial charge in [-0.25, -0.2) is 0 Å². The molecule has 2 fully saturated rings. The van der Waals surface area contributed by atoms with Crippen LogP contribution in [-0.4, -0.2) is 98.7 Å². The largest absolute Gasteiger partial charge is 0.394 e. The van der Waals surface area contributed by atoms with Crippen molar-refractivity contribution in [2.45, 2.75) is 74.9 Å². The molecule has 10 nitrogen and oxygen atoms in total. The molecule has 6 N–H and O–H groups in total. The molecule has 0 amide bonds. The lowest BCUT2D eigenvalue weighted by Crippen LogP contribution is -2.63. The van der Waals surface area contributed by atoms with Gasteiger partial charge >= 0.3 is 0 Å². The van der Waals surface area contributed by atoms with Gasteiger partial charge in [-0.05, 0) is 12.5 Å². The minimum absolute atomic E-state index is 0.167. The van der Waals surface area contributed by atoms with Gasteiger partial charge in [-0.1, -0.05) is 30.3 Å². The summed E-state index contributed by atoms with van der Waals surface area (Å²) in [7, 11) is 0. The minimum atomic E-state index is -1.63. The number of aliphatic hydroxyl groups excluding tert-OH is 6. The van der Waals surface area contributed by atoms with E-state index < -0.39 is 68.0 Å². The monoisotopic (exact) mass is 416 g/mol. The van der Waals surface area contributed by atoms with Crippen LogP contribution in [-0.2, 0) is 25.6 Å². The molecule has 0 saturated carbocycles. The van der Waals surface area contributed by atoms with E-state index in [4.69, 9.17) is 18.9 Å². The van der Waals surface area contributed by atoms with Crippen LogP contribution in [0.25, 0.3) is 0 Å². The van der Waals surface area contributed by atoms with Crippen molar-refractivity contribution in [2.24, 2.45) is 0 Å². The fourth-order valence-electron chi connectivity index (χ4n) is 3.42. The zero-order chi connectivity index (χ0) is 21.1. The maximum Gasteiger partial charge on any atom is 0.187 e. The van der Waals surface area contributed by atoms with Crippen LogP contribution in [0.5, 0.6) is 0 Å². The maximum absolute atomic E-state index is 10.5. The van der Waals surface area contributed by atoms with Gasteiger partial charge in [0.1, 0.15) is 42.7 Å². The molecule has 164 valence electrons. The number of aliphatic hydroxyl groups is 6. The lowest BCUT2D eigenvalue weighted by atomic mass is 9.97. The molecule has 0 spiro atoms. The van der Waals surface area contributed by atoms with Crippen molar-refractivity contribution in [3.05, 3.63) is 35.9 Å². The van der Waals surface area contributed by atoms with Crippen LogP contribution in [0.4, 0.5) is 0 Å². The van der Waals surface area contributed by atoms with Crippen LogP contribution < -0.4 is 0 Å². The van der Waals surface area contributed by atoms with Gasteiger partial charge < -0.3 is 49.6 Å². The summed E-state index contributed by atoms with van der Waals surface area (Å²) in [5.74, 6) is 0. The molecule has 1 aromatic carbocycles. The molecule has 2 aliphatic heterocycles. The Morgan fingerprint density at radius 2 is 1.48 bits per heavy atom. The van der Waals surface area contributed by atoms with Crippen LogP contribution in [0.1, 0.15) is 12.5 Å². The second kappa shape index (κ2) is 9.75. The fourth-order valence-corrected chi connectivity index (χ4v) is 3.42. The minimum Gasteiger partial charge on any atom is -0.394 e. The first-order valence-corrected chi connectivity index (χ1v) is 9.46. The summed E-state index contributed by atoms with van der Waals surface area (Å²) in [6, 6.07) is 9.25. The highest BCUT2D eigenvalue weighted by molar-refractivity contribution is 5.13. The zero-order valence-corrected chi connectivity index (χ0v) is 15.9. The predicted molar refractivity (Wildman–Crippen MR) is 96.2 cm³/mol. The van der Waals surface area contributed by atoms with Gasteiger partial charge in [-0.15, -0.1) is 0 Å². The second-order valence-corrected chi connectivity index (χ2v) is 7.29. The molecule has 10 atom stereocenters. The number of hydrogen-bond donors (Lipinski definition) is 6. The van der Waals surface area contributed by atoms with Crippen LogP contribution >= 0.6 is 0 Å². The van der Waals surface area contributed by atoms with E-state index in [1.807, 2.05) is 30.3 Å². The molecule has 2 heterocycles. The van der Waals surface area contributed by atoms with Crippen molar-refractivity contribution in [1.82, 2.24) is 0 Å². The van der Waals surface area contributed by atoms with E-state index in [2.05, 4.69) is 0 Å². The van der Waals surface area contributed by atoms with E-state index in [0.29, 0.717) is 0 Å². The first-order valence-electron chi connectivity index (χ1n) is 9.46. The van der Waals surface area contributed by atoms with Crippen LogP contribution in [0.3, 0.4) is 0 Å². The maximum atomic E-state index is 10.5. The average Bonchev–Trinajstić information content (AvgIpc) is 2.73. The Balaban J connectivity index is 1.61. The van der Waals surface area contributed by atoms with Crippen molar-refractivity contribution in [1.29, 1.82) is 0 Å². The van der Waals surface area contributed by atoms with Crippen molar-refractivity contribution in [2.75, 3.05) is 6.61 Å². The third kappa shape index (κ3) is 4.94. The summed E-state index contributed by atoms with van der Waals surface area (Å²) in [4.78, 5) is 0. The van der Waals surface area contributed by atoms with Crippen molar-refractivity contribution in [3.63, 3.8) is 0 Å². The molecule has 0 bridgehead atoms. The van der Waals surface area contributed by atoms with Gasteiger partial charge in [0.2, 0.25) is 0 Å². The third-order valence-corrected chi connectivity index (χ3v) is 5.17. The highest BCUT2D eigenvalue weighted by atomic mass is 16.7. The average molecular weight is 416 g/mol. The summed E-state index contributed by atoms with van der Waals surface area (Å²) in [5, 5.41) is 59.9. The van der Waals surface area contributed by atoms with Crippen molar-refractivity contribution < 1.29 is 49.6 Å². The summed E-state index contributed by atoms with van der Waals surface area (Å²) < 4.78 is 22.0. The smallest absolute Gasteiger partial charge is 0.187 e. The van der Waals surface area contributed by atoms with Gasteiger partial charge in [0.15, 0.2) is 12.6 Å². The molecule has 3 rings (SSSR count).